The average molecular weight is 366 g/mol. The Bertz CT molecular complexity index is 1020. The molecule has 130 valence electrons. The first-order valence-corrected chi connectivity index (χ1v) is 8.70. The zero-order valence-electron chi connectivity index (χ0n) is 13.8. The van der Waals surface area contributed by atoms with Crippen LogP contribution < -0.4 is 5.32 Å². The number of amides is 1. The molecule has 3 aromatic heterocycles. The zero-order valence-corrected chi connectivity index (χ0v) is 14.6. The van der Waals surface area contributed by atoms with E-state index in [2.05, 4.69) is 25.8 Å². The van der Waals surface area contributed by atoms with Crippen LogP contribution in [0.25, 0.3) is 16.5 Å². The van der Waals surface area contributed by atoms with E-state index < -0.39 is 0 Å². The number of tetrazole rings is 1. The largest absolute Gasteiger partial charge is 0.440 e. The van der Waals surface area contributed by atoms with Gasteiger partial charge in [-0.3, -0.25) is 4.79 Å². The van der Waals surface area contributed by atoms with Crippen molar-refractivity contribution in [2.75, 3.05) is 5.32 Å². The molecule has 1 aromatic carbocycles. The summed E-state index contributed by atoms with van der Waals surface area (Å²) in [5, 5.41) is 15.9. The molecule has 0 radical (unpaired) electrons. The highest BCUT2D eigenvalue weighted by Gasteiger charge is 2.15. The fraction of sp³-hybridized carbons (Fsp3) is 0.118. The Labute approximate surface area is 152 Å². The molecule has 0 atom stereocenters. The summed E-state index contributed by atoms with van der Waals surface area (Å²) < 4.78 is 7.19. The average Bonchev–Trinajstić information content (AvgIpc) is 3.37. The first kappa shape index (κ1) is 16.2. The summed E-state index contributed by atoms with van der Waals surface area (Å²) >= 11 is 1.54. The number of hydrogen-bond acceptors (Lipinski definition) is 7. The van der Waals surface area contributed by atoms with Crippen LogP contribution >= 0.6 is 11.3 Å². The van der Waals surface area contributed by atoms with Crippen LogP contribution in [0.1, 0.15) is 11.5 Å². The quantitative estimate of drug-likeness (QED) is 0.583. The first-order valence-electron chi connectivity index (χ1n) is 7.82. The minimum atomic E-state index is -0.173. The van der Waals surface area contributed by atoms with Crippen molar-refractivity contribution >= 4 is 22.9 Å². The number of oxazole rings is 1. The maximum absolute atomic E-state index is 12.4. The molecule has 0 saturated heterocycles. The van der Waals surface area contributed by atoms with E-state index in [1.54, 1.807) is 23.5 Å². The van der Waals surface area contributed by atoms with Gasteiger partial charge in [-0.2, -0.15) is 0 Å². The Morgan fingerprint density at radius 1 is 1.31 bits per heavy atom. The van der Waals surface area contributed by atoms with Crippen LogP contribution in [0.4, 0.5) is 5.69 Å². The van der Waals surface area contributed by atoms with E-state index in [-0.39, 0.29) is 12.3 Å². The number of anilines is 1. The predicted molar refractivity (Wildman–Crippen MR) is 96.0 cm³/mol. The lowest BCUT2D eigenvalue weighted by Gasteiger charge is -2.06. The van der Waals surface area contributed by atoms with Gasteiger partial charge in [-0.05, 0) is 47.0 Å². The Hall–Kier alpha value is -3.33. The molecule has 9 heteroatoms. The summed E-state index contributed by atoms with van der Waals surface area (Å²) in [6, 6.07) is 11.1. The second kappa shape index (κ2) is 6.89. The van der Waals surface area contributed by atoms with Crippen LogP contribution in [0.15, 0.2) is 52.5 Å². The number of rotatable bonds is 5. The van der Waals surface area contributed by atoms with E-state index in [0.29, 0.717) is 23.0 Å². The molecule has 0 aliphatic carbocycles. The molecule has 0 spiro atoms. The first-order chi connectivity index (χ1) is 12.7. The number of thiophene rings is 1. The lowest BCUT2D eigenvalue weighted by molar-refractivity contribution is -0.115. The summed E-state index contributed by atoms with van der Waals surface area (Å²) in [7, 11) is 0. The minimum absolute atomic E-state index is 0.135. The SMILES string of the molecule is Cc1oc(-c2cccs2)nc1CC(=O)Nc1cccc(-n2cnnn2)c1. The summed E-state index contributed by atoms with van der Waals surface area (Å²) in [6.07, 6.45) is 1.63. The smallest absolute Gasteiger partial charge is 0.236 e. The van der Waals surface area contributed by atoms with Gasteiger partial charge in [0.25, 0.3) is 0 Å². The molecule has 0 fully saturated rings. The second-order valence-corrected chi connectivity index (χ2v) is 6.48. The molecule has 1 amide bonds. The van der Waals surface area contributed by atoms with Gasteiger partial charge in [0.05, 0.1) is 22.7 Å². The molecule has 1 N–H and O–H groups in total. The molecule has 0 saturated carbocycles. The van der Waals surface area contributed by atoms with Gasteiger partial charge >= 0.3 is 0 Å². The Morgan fingerprint density at radius 2 is 2.23 bits per heavy atom. The van der Waals surface area contributed by atoms with Gasteiger partial charge in [0.2, 0.25) is 11.8 Å². The van der Waals surface area contributed by atoms with E-state index >= 15 is 0 Å². The van der Waals surface area contributed by atoms with Crippen molar-refractivity contribution < 1.29 is 9.21 Å². The Kier molecular flexibility index (Phi) is 4.28. The molecule has 0 bridgehead atoms. The summed E-state index contributed by atoms with van der Waals surface area (Å²) in [6.45, 7) is 1.81. The van der Waals surface area contributed by atoms with Gasteiger partial charge in [-0.1, -0.05) is 12.1 Å². The third-order valence-electron chi connectivity index (χ3n) is 3.70. The molecule has 4 aromatic rings. The van der Waals surface area contributed by atoms with Gasteiger partial charge < -0.3 is 9.73 Å². The maximum atomic E-state index is 12.4. The standard InChI is InChI=1S/C17H14N6O2S/c1-11-14(20-17(25-11)15-6-3-7-26-15)9-16(24)19-12-4-2-5-13(8-12)23-10-18-21-22-23/h2-8,10H,9H2,1H3,(H,19,24). The van der Waals surface area contributed by atoms with Crippen molar-refractivity contribution in [1.29, 1.82) is 0 Å². The van der Waals surface area contributed by atoms with Crippen LogP contribution in [-0.2, 0) is 11.2 Å². The highest BCUT2D eigenvalue weighted by molar-refractivity contribution is 7.13. The maximum Gasteiger partial charge on any atom is 0.236 e. The fourth-order valence-corrected chi connectivity index (χ4v) is 3.11. The predicted octanol–water partition coefficient (Wildman–Crippen LogP) is 2.87. The van der Waals surface area contributed by atoms with E-state index in [1.807, 2.05) is 36.6 Å². The molecule has 3 heterocycles. The topological polar surface area (TPSA) is 98.7 Å². The van der Waals surface area contributed by atoms with Gasteiger partial charge in [-0.25, -0.2) is 9.67 Å². The number of hydrogen-bond donors (Lipinski definition) is 1. The number of aryl methyl sites for hydroxylation is 1. The third-order valence-corrected chi connectivity index (χ3v) is 4.55. The summed E-state index contributed by atoms with van der Waals surface area (Å²) in [5.74, 6) is 1.01. The third kappa shape index (κ3) is 3.38. The number of benzene rings is 1. The van der Waals surface area contributed by atoms with E-state index in [1.165, 1.54) is 11.0 Å². The van der Waals surface area contributed by atoms with Gasteiger partial charge in [0, 0.05) is 5.69 Å². The van der Waals surface area contributed by atoms with Crippen LogP contribution in [0.3, 0.4) is 0 Å². The van der Waals surface area contributed by atoms with Crippen LogP contribution in [-0.4, -0.2) is 31.1 Å². The minimum Gasteiger partial charge on any atom is -0.440 e. The number of carbonyl (C=O) groups excluding carboxylic acids is 1. The fourth-order valence-electron chi connectivity index (χ4n) is 2.46. The van der Waals surface area contributed by atoms with Crippen molar-refractivity contribution in [2.24, 2.45) is 0 Å². The van der Waals surface area contributed by atoms with Crippen molar-refractivity contribution in [1.82, 2.24) is 25.2 Å². The van der Waals surface area contributed by atoms with E-state index in [0.717, 1.165) is 10.6 Å². The highest BCUT2D eigenvalue weighted by Crippen LogP contribution is 2.26. The van der Waals surface area contributed by atoms with Gasteiger partial charge in [-0.15, -0.1) is 16.4 Å². The number of nitrogens with zero attached hydrogens (tertiary/aromatic N) is 5. The van der Waals surface area contributed by atoms with Crippen molar-refractivity contribution in [3.63, 3.8) is 0 Å². The summed E-state index contributed by atoms with van der Waals surface area (Å²) in [5.41, 5.74) is 2.04. The molecule has 4 rings (SSSR count). The molecule has 8 nitrogen and oxygen atoms in total. The molecule has 0 aliphatic heterocycles. The Morgan fingerprint density at radius 3 is 3.00 bits per heavy atom. The molecule has 0 aliphatic rings. The van der Waals surface area contributed by atoms with Gasteiger partial charge in [0.15, 0.2) is 0 Å². The monoisotopic (exact) mass is 366 g/mol. The van der Waals surface area contributed by atoms with Crippen molar-refractivity contribution in [2.45, 2.75) is 13.3 Å². The normalized spacial score (nSPS) is 10.8. The molecule has 26 heavy (non-hydrogen) atoms. The Balaban J connectivity index is 1.47. The number of nitrogens with one attached hydrogen (secondary N) is 1. The highest BCUT2D eigenvalue weighted by atomic mass is 32.1. The lowest BCUT2D eigenvalue weighted by Crippen LogP contribution is -2.15. The molecule has 0 unspecified atom stereocenters. The molecular weight excluding hydrogens is 352 g/mol. The van der Waals surface area contributed by atoms with Crippen molar-refractivity contribution in [3.05, 3.63) is 59.6 Å². The second-order valence-electron chi connectivity index (χ2n) is 5.53. The number of carbonyl (C=O) groups is 1. The zero-order chi connectivity index (χ0) is 17.9. The van der Waals surface area contributed by atoms with Gasteiger partial charge in [0.1, 0.15) is 12.1 Å². The lowest BCUT2D eigenvalue weighted by atomic mass is 10.2. The van der Waals surface area contributed by atoms with E-state index in [9.17, 15) is 4.79 Å². The van der Waals surface area contributed by atoms with Crippen molar-refractivity contribution in [3.8, 4) is 16.5 Å². The van der Waals surface area contributed by atoms with Crippen LogP contribution in [0.5, 0.6) is 0 Å². The van der Waals surface area contributed by atoms with E-state index in [4.69, 9.17) is 4.42 Å². The number of aromatic nitrogens is 5. The molecular formula is C17H14N6O2S. The van der Waals surface area contributed by atoms with Crippen LogP contribution in [0, 0.1) is 6.92 Å². The van der Waals surface area contributed by atoms with Crippen LogP contribution in [0.2, 0.25) is 0 Å². The summed E-state index contributed by atoms with van der Waals surface area (Å²) in [4.78, 5) is 17.8.